The number of esters is 1. The SMILES string of the molecule is COC(=O)c1ccc(Cn2c(C(=O)C3CCN(CCC4(c5ccccc5)CCN(C(=O)c5ccc(OC)c(OC)c5OC)C4)CC3)nc3ccccc32)cc1. The minimum absolute atomic E-state index is 0.0679. The van der Waals surface area contributed by atoms with Crippen LogP contribution in [0.3, 0.4) is 0 Å². The topological polar surface area (TPSA) is 112 Å². The number of nitrogens with zero attached hydrogens (tertiary/aromatic N) is 4. The average Bonchev–Trinajstić information content (AvgIpc) is 3.85. The number of rotatable bonds is 13. The summed E-state index contributed by atoms with van der Waals surface area (Å²) in [7, 11) is 6.00. The molecule has 1 unspecified atom stereocenters. The Bertz CT molecular complexity index is 2160. The van der Waals surface area contributed by atoms with E-state index in [0.717, 1.165) is 61.9 Å². The normalized spacial score (nSPS) is 17.6. The van der Waals surface area contributed by atoms with Crippen molar-refractivity contribution in [3.63, 3.8) is 0 Å². The van der Waals surface area contributed by atoms with E-state index in [0.29, 0.717) is 53.8 Å². The van der Waals surface area contributed by atoms with E-state index in [1.165, 1.54) is 26.9 Å². The molecule has 1 aromatic heterocycles. The summed E-state index contributed by atoms with van der Waals surface area (Å²) in [5.74, 6) is 1.20. The van der Waals surface area contributed by atoms with Crippen LogP contribution in [0.25, 0.3) is 11.0 Å². The number of hydrogen-bond acceptors (Lipinski definition) is 9. The van der Waals surface area contributed by atoms with Gasteiger partial charge >= 0.3 is 5.97 Å². The molecule has 2 saturated heterocycles. The molecule has 0 radical (unpaired) electrons. The van der Waals surface area contributed by atoms with Crippen LogP contribution in [-0.4, -0.2) is 98.2 Å². The van der Waals surface area contributed by atoms with Crippen molar-refractivity contribution in [1.82, 2.24) is 19.4 Å². The van der Waals surface area contributed by atoms with Gasteiger partial charge < -0.3 is 33.3 Å². The molecule has 1 atom stereocenters. The molecule has 0 saturated carbocycles. The number of benzene rings is 4. The van der Waals surface area contributed by atoms with Gasteiger partial charge in [-0.25, -0.2) is 9.78 Å². The van der Waals surface area contributed by atoms with Crippen LogP contribution in [0.1, 0.15) is 68.1 Å². The third-order valence-corrected chi connectivity index (χ3v) is 11.4. The number of amides is 1. The lowest BCUT2D eigenvalue weighted by Gasteiger charge is -2.36. The standard InChI is InChI=1S/C44H48N4O7/c1-52-37-19-18-34(39(53-2)40(37)54-3)42(50)47-27-23-44(29-47,33-10-6-5-7-11-33)22-26-46-24-20-31(21-25-46)38(49)41-45-35-12-8-9-13-36(35)48(41)28-30-14-16-32(17-15-30)43(51)55-4/h5-19,31H,20-29H2,1-4H3. The monoisotopic (exact) mass is 744 g/mol. The Hall–Kier alpha value is -5.68. The predicted molar refractivity (Wildman–Crippen MR) is 209 cm³/mol. The number of piperidine rings is 1. The van der Waals surface area contributed by atoms with Crippen molar-refractivity contribution >= 4 is 28.7 Å². The number of carbonyl (C=O) groups is 3. The molecule has 3 heterocycles. The van der Waals surface area contributed by atoms with Crippen molar-refractivity contribution in [3.8, 4) is 17.2 Å². The van der Waals surface area contributed by atoms with Crippen molar-refractivity contribution in [2.75, 3.05) is 61.2 Å². The quantitative estimate of drug-likeness (QED) is 0.0965. The third kappa shape index (κ3) is 7.53. The Morgan fingerprint density at radius 1 is 0.782 bits per heavy atom. The van der Waals surface area contributed by atoms with Crippen LogP contribution < -0.4 is 14.2 Å². The summed E-state index contributed by atoms with van der Waals surface area (Å²) in [5, 5.41) is 0. The van der Waals surface area contributed by atoms with Crippen molar-refractivity contribution in [3.05, 3.63) is 119 Å². The first-order valence-electron chi connectivity index (χ1n) is 18.8. The summed E-state index contributed by atoms with van der Waals surface area (Å²) in [6.07, 6.45) is 3.22. The molecule has 11 nitrogen and oxygen atoms in total. The lowest BCUT2D eigenvalue weighted by atomic mass is 9.76. The summed E-state index contributed by atoms with van der Waals surface area (Å²) < 4.78 is 23.5. The number of Topliss-reactive ketones (excluding diaryl/α,β-unsaturated/α-hetero) is 1. The van der Waals surface area contributed by atoms with Gasteiger partial charge in [0.2, 0.25) is 11.5 Å². The zero-order chi connectivity index (χ0) is 38.5. The fraction of sp³-hybridized carbons (Fsp3) is 0.364. The molecule has 2 aliphatic heterocycles. The van der Waals surface area contributed by atoms with E-state index in [4.69, 9.17) is 23.9 Å². The maximum Gasteiger partial charge on any atom is 0.337 e. The highest BCUT2D eigenvalue weighted by Crippen LogP contribution is 2.43. The number of likely N-dealkylation sites (tertiary alicyclic amines) is 2. The van der Waals surface area contributed by atoms with Gasteiger partial charge in [0.1, 0.15) is 0 Å². The van der Waals surface area contributed by atoms with Crippen LogP contribution in [-0.2, 0) is 16.7 Å². The highest BCUT2D eigenvalue weighted by atomic mass is 16.5. The van der Waals surface area contributed by atoms with Crippen LogP contribution in [0.5, 0.6) is 17.2 Å². The Labute approximate surface area is 321 Å². The molecular formula is C44H48N4O7. The molecule has 5 aromatic rings. The molecule has 0 N–H and O–H groups in total. The Morgan fingerprint density at radius 3 is 2.18 bits per heavy atom. The van der Waals surface area contributed by atoms with E-state index in [-0.39, 0.29) is 29.0 Å². The van der Waals surface area contributed by atoms with Gasteiger partial charge in [0.05, 0.1) is 50.6 Å². The fourth-order valence-electron chi connectivity index (χ4n) is 8.31. The lowest BCUT2D eigenvalue weighted by Crippen LogP contribution is -2.41. The number of aromatic nitrogens is 2. The molecule has 7 rings (SSSR count). The van der Waals surface area contributed by atoms with Crippen LogP contribution in [0.2, 0.25) is 0 Å². The van der Waals surface area contributed by atoms with Gasteiger partial charge in [-0.3, -0.25) is 9.59 Å². The molecule has 0 bridgehead atoms. The number of methoxy groups -OCH3 is 4. The smallest absolute Gasteiger partial charge is 0.337 e. The van der Waals surface area contributed by atoms with E-state index in [2.05, 4.69) is 29.2 Å². The first-order chi connectivity index (χ1) is 26.8. The first-order valence-corrected chi connectivity index (χ1v) is 18.8. The molecule has 0 aliphatic carbocycles. The average molecular weight is 745 g/mol. The number of imidazole rings is 1. The largest absolute Gasteiger partial charge is 0.493 e. The maximum absolute atomic E-state index is 14.2. The fourth-order valence-corrected chi connectivity index (χ4v) is 8.31. The minimum atomic E-state index is -0.385. The van der Waals surface area contributed by atoms with Gasteiger partial charge in [-0.15, -0.1) is 0 Å². The van der Waals surface area contributed by atoms with Crippen molar-refractivity contribution in [1.29, 1.82) is 0 Å². The molecule has 11 heteroatoms. The number of para-hydroxylation sites is 2. The number of carbonyl (C=O) groups excluding carboxylic acids is 3. The Kier molecular flexibility index (Phi) is 11.2. The van der Waals surface area contributed by atoms with E-state index >= 15 is 0 Å². The van der Waals surface area contributed by atoms with Crippen molar-refractivity contribution in [2.45, 2.75) is 37.6 Å². The molecule has 1 amide bonds. The molecular weight excluding hydrogens is 697 g/mol. The molecule has 55 heavy (non-hydrogen) atoms. The van der Waals surface area contributed by atoms with Gasteiger partial charge in [-0.2, -0.15) is 0 Å². The highest BCUT2D eigenvalue weighted by molar-refractivity contribution is 5.99. The van der Waals surface area contributed by atoms with Crippen LogP contribution in [0.4, 0.5) is 0 Å². The molecule has 2 aliphatic rings. The summed E-state index contributed by atoms with van der Waals surface area (Å²) >= 11 is 0. The Balaban J connectivity index is 1.03. The zero-order valence-corrected chi connectivity index (χ0v) is 32.0. The summed E-state index contributed by atoms with van der Waals surface area (Å²) in [6, 6.07) is 29.1. The summed E-state index contributed by atoms with van der Waals surface area (Å²) in [4.78, 5) is 49.4. The number of ether oxygens (including phenoxy) is 4. The van der Waals surface area contributed by atoms with Crippen molar-refractivity contribution < 1.29 is 33.3 Å². The molecule has 286 valence electrons. The van der Waals surface area contributed by atoms with E-state index in [9.17, 15) is 14.4 Å². The van der Waals surface area contributed by atoms with Gasteiger partial charge in [0.25, 0.3) is 5.91 Å². The van der Waals surface area contributed by atoms with Crippen LogP contribution in [0, 0.1) is 5.92 Å². The van der Waals surface area contributed by atoms with Crippen LogP contribution >= 0.6 is 0 Å². The number of hydrogen-bond donors (Lipinski definition) is 0. The van der Waals surface area contributed by atoms with E-state index < -0.39 is 0 Å². The van der Waals surface area contributed by atoms with Gasteiger partial charge in [-0.1, -0.05) is 54.6 Å². The first kappa shape index (κ1) is 37.6. The predicted octanol–water partition coefficient (Wildman–Crippen LogP) is 6.67. The minimum Gasteiger partial charge on any atom is -0.493 e. The molecule has 0 spiro atoms. The summed E-state index contributed by atoms with van der Waals surface area (Å²) in [6.45, 7) is 4.14. The second kappa shape index (κ2) is 16.4. The van der Waals surface area contributed by atoms with Crippen molar-refractivity contribution in [2.24, 2.45) is 5.92 Å². The van der Waals surface area contributed by atoms with Gasteiger partial charge in [0.15, 0.2) is 17.3 Å². The third-order valence-electron chi connectivity index (χ3n) is 11.4. The summed E-state index contributed by atoms with van der Waals surface area (Å²) in [5.41, 5.74) is 4.59. The molecule has 2 fully saturated rings. The Morgan fingerprint density at radius 2 is 1.49 bits per heavy atom. The lowest BCUT2D eigenvalue weighted by molar-refractivity contribution is 0.0600. The highest BCUT2D eigenvalue weighted by Gasteiger charge is 2.42. The molecule has 4 aromatic carbocycles. The van der Waals surface area contributed by atoms with Gasteiger partial charge in [-0.05, 0) is 92.8 Å². The second-order valence-electron chi connectivity index (χ2n) is 14.4. The van der Waals surface area contributed by atoms with Gasteiger partial charge in [0, 0.05) is 31.0 Å². The van der Waals surface area contributed by atoms with E-state index in [1.54, 1.807) is 31.4 Å². The second-order valence-corrected chi connectivity index (χ2v) is 14.4. The number of fused-ring (bicyclic) bond motifs is 1. The maximum atomic E-state index is 14.2. The van der Waals surface area contributed by atoms with E-state index in [1.807, 2.05) is 51.9 Å². The van der Waals surface area contributed by atoms with Crippen LogP contribution in [0.15, 0.2) is 91.0 Å². The zero-order valence-electron chi connectivity index (χ0n) is 32.0. The number of ketones is 1.